The Balaban J connectivity index is 2.29. The third-order valence-electron chi connectivity index (χ3n) is 1.91. The van der Waals surface area contributed by atoms with Gasteiger partial charge in [0.25, 0.3) is 0 Å². The van der Waals surface area contributed by atoms with Crippen molar-refractivity contribution in [1.29, 1.82) is 0 Å². The smallest absolute Gasteiger partial charge is 0.308 e. The summed E-state index contributed by atoms with van der Waals surface area (Å²) in [6.07, 6.45) is 1.77. The number of carbonyl (C=O) groups is 1. The Morgan fingerprint density at radius 2 is 2.19 bits per heavy atom. The molecule has 1 aromatic heterocycles. The Morgan fingerprint density at radius 3 is 2.81 bits per heavy atom. The molecule has 16 heavy (non-hydrogen) atoms. The van der Waals surface area contributed by atoms with Crippen LogP contribution < -0.4 is 5.32 Å². The Labute approximate surface area is 101 Å². The third-order valence-corrected chi connectivity index (χ3v) is 3.77. The maximum Gasteiger partial charge on any atom is 0.308 e. The molecule has 0 radical (unpaired) electrons. The lowest BCUT2D eigenvalue weighted by Gasteiger charge is -2.00. The van der Waals surface area contributed by atoms with Crippen LogP contribution in [0.4, 0.5) is 0 Å². The number of aliphatic carboxylic acids is 1. The fourth-order valence-corrected chi connectivity index (χ4v) is 2.60. The molecule has 0 fully saturated rings. The van der Waals surface area contributed by atoms with Gasteiger partial charge in [0.1, 0.15) is 0 Å². The van der Waals surface area contributed by atoms with Crippen LogP contribution in [0.25, 0.3) is 0 Å². The van der Waals surface area contributed by atoms with Crippen LogP contribution in [0.2, 0.25) is 0 Å². The van der Waals surface area contributed by atoms with Gasteiger partial charge in [-0.25, -0.2) is 0 Å². The van der Waals surface area contributed by atoms with E-state index in [1.807, 2.05) is 12.1 Å². The number of carboxylic acid groups (broad SMARTS) is 1. The molecule has 2 N–H and O–H groups in total. The zero-order chi connectivity index (χ0) is 12.0. The summed E-state index contributed by atoms with van der Waals surface area (Å²) < 4.78 is 10.8. The van der Waals surface area contributed by atoms with Gasteiger partial charge in [-0.15, -0.1) is 11.3 Å². The van der Waals surface area contributed by atoms with Crippen molar-refractivity contribution in [1.82, 2.24) is 5.32 Å². The molecular formula is C10H15NO3S2. The van der Waals surface area contributed by atoms with Gasteiger partial charge in [0.2, 0.25) is 0 Å². The zero-order valence-electron chi connectivity index (χ0n) is 9.06. The SMILES string of the molecule is CS(=O)CCNCc1ccc(CC(=O)O)s1. The van der Waals surface area contributed by atoms with Crippen LogP contribution in [0.5, 0.6) is 0 Å². The Morgan fingerprint density at radius 1 is 1.50 bits per heavy atom. The minimum Gasteiger partial charge on any atom is -0.481 e. The van der Waals surface area contributed by atoms with Crippen molar-refractivity contribution in [2.75, 3.05) is 18.6 Å². The van der Waals surface area contributed by atoms with Gasteiger partial charge in [0.15, 0.2) is 0 Å². The predicted molar refractivity (Wildman–Crippen MR) is 66.3 cm³/mol. The molecule has 0 spiro atoms. The molecule has 90 valence electrons. The van der Waals surface area contributed by atoms with Gasteiger partial charge >= 0.3 is 5.97 Å². The largest absolute Gasteiger partial charge is 0.481 e. The van der Waals surface area contributed by atoms with E-state index in [9.17, 15) is 9.00 Å². The van der Waals surface area contributed by atoms with E-state index in [1.165, 1.54) is 11.3 Å². The first kappa shape index (κ1) is 13.3. The lowest BCUT2D eigenvalue weighted by atomic mass is 10.3. The van der Waals surface area contributed by atoms with Gasteiger partial charge in [-0.3, -0.25) is 9.00 Å². The van der Waals surface area contributed by atoms with Gasteiger partial charge < -0.3 is 10.4 Å². The fourth-order valence-electron chi connectivity index (χ4n) is 1.19. The number of hydrogen-bond donors (Lipinski definition) is 2. The van der Waals surface area contributed by atoms with Crippen LogP contribution >= 0.6 is 11.3 Å². The second kappa shape index (κ2) is 6.78. The number of thiophene rings is 1. The lowest BCUT2D eigenvalue weighted by Crippen LogP contribution is -2.18. The second-order valence-corrected chi connectivity index (χ2v) is 6.20. The van der Waals surface area contributed by atoms with E-state index in [0.717, 1.165) is 16.3 Å². The Bertz CT molecular complexity index is 376. The van der Waals surface area contributed by atoms with Gasteiger partial charge in [-0.1, -0.05) is 0 Å². The van der Waals surface area contributed by atoms with Gasteiger partial charge in [-0.05, 0) is 12.1 Å². The van der Waals surface area contributed by atoms with E-state index in [4.69, 9.17) is 5.11 Å². The summed E-state index contributed by atoms with van der Waals surface area (Å²) in [6.45, 7) is 1.43. The summed E-state index contributed by atoms with van der Waals surface area (Å²) in [6, 6.07) is 3.77. The Kier molecular flexibility index (Phi) is 5.65. The maximum atomic E-state index is 10.8. The quantitative estimate of drug-likeness (QED) is 0.714. The van der Waals surface area contributed by atoms with Crippen LogP contribution in [-0.4, -0.2) is 33.8 Å². The molecule has 1 heterocycles. The summed E-state index contributed by atoms with van der Waals surface area (Å²) in [7, 11) is -0.763. The summed E-state index contributed by atoms with van der Waals surface area (Å²) in [4.78, 5) is 12.4. The van der Waals surface area contributed by atoms with Crippen LogP contribution in [0.1, 0.15) is 9.75 Å². The minimum atomic E-state index is -0.803. The molecule has 0 aliphatic rings. The van der Waals surface area contributed by atoms with Crippen molar-refractivity contribution in [2.45, 2.75) is 13.0 Å². The second-order valence-electron chi connectivity index (χ2n) is 3.39. The molecule has 0 aliphatic carbocycles. The average Bonchev–Trinajstić information content (AvgIpc) is 2.59. The first-order valence-electron chi connectivity index (χ1n) is 4.88. The van der Waals surface area contributed by atoms with Crippen molar-refractivity contribution < 1.29 is 14.1 Å². The van der Waals surface area contributed by atoms with E-state index >= 15 is 0 Å². The molecule has 1 atom stereocenters. The number of hydrogen-bond acceptors (Lipinski definition) is 4. The molecular weight excluding hydrogens is 246 g/mol. The number of carboxylic acids is 1. The number of nitrogens with one attached hydrogen (secondary N) is 1. The standard InChI is InChI=1S/C10H15NO3S2/c1-16(14)5-4-11-7-9-3-2-8(15-9)6-10(12)13/h2-3,11H,4-7H2,1H3,(H,12,13). The summed E-state index contributed by atoms with van der Waals surface area (Å²) >= 11 is 1.50. The van der Waals surface area contributed by atoms with Crippen molar-refractivity contribution in [2.24, 2.45) is 0 Å². The van der Waals surface area contributed by atoms with Crippen LogP contribution in [0, 0.1) is 0 Å². The summed E-state index contributed by atoms with van der Waals surface area (Å²) in [5.74, 6) is -0.157. The maximum absolute atomic E-state index is 10.8. The molecule has 6 heteroatoms. The molecule has 0 aromatic carbocycles. The molecule has 1 unspecified atom stereocenters. The van der Waals surface area contributed by atoms with Crippen molar-refractivity contribution >= 4 is 28.1 Å². The van der Waals surface area contributed by atoms with Gasteiger partial charge in [-0.2, -0.15) is 0 Å². The highest BCUT2D eigenvalue weighted by Gasteiger charge is 2.04. The third kappa shape index (κ3) is 5.39. The topological polar surface area (TPSA) is 66.4 Å². The molecule has 4 nitrogen and oxygen atoms in total. The van der Waals surface area contributed by atoms with E-state index in [-0.39, 0.29) is 6.42 Å². The van der Waals surface area contributed by atoms with E-state index in [0.29, 0.717) is 12.3 Å². The predicted octanol–water partition coefficient (Wildman–Crippen LogP) is 0.843. The van der Waals surface area contributed by atoms with Crippen LogP contribution in [0.15, 0.2) is 12.1 Å². The fraction of sp³-hybridized carbons (Fsp3) is 0.500. The van der Waals surface area contributed by atoms with Crippen LogP contribution in [0.3, 0.4) is 0 Å². The highest BCUT2D eigenvalue weighted by atomic mass is 32.2. The molecule has 0 amide bonds. The minimum absolute atomic E-state index is 0.0869. The monoisotopic (exact) mass is 261 g/mol. The average molecular weight is 261 g/mol. The normalized spacial score (nSPS) is 12.6. The van der Waals surface area contributed by atoms with E-state index in [2.05, 4.69) is 5.32 Å². The lowest BCUT2D eigenvalue weighted by molar-refractivity contribution is -0.136. The van der Waals surface area contributed by atoms with Crippen molar-refractivity contribution in [3.05, 3.63) is 21.9 Å². The highest BCUT2D eigenvalue weighted by molar-refractivity contribution is 7.84. The zero-order valence-corrected chi connectivity index (χ0v) is 10.7. The van der Waals surface area contributed by atoms with E-state index < -0.39 is 16.8 Å². The molecule has 0 bridgehead atoms. The summed E-state index contributed by atoms with van der Waals surface area (Å²) in [5, 5.41) is 11.8. The van der Waals surface area contributed by atoms with Gasteiger partial charge in [0.05, 0.1) is 6.42 Å². The molecule has 0 saturated carbocycles. The molecule has 0 saturated heterocycles. The number of rotatable bonds is 7. The molecule has 1 rings (SSSR count). The first-order valence-corrected chi connectivity index (χ1v) is 7.42. The van der Waals surface area contributed by atoms with Crippen molar-refractivity contribution in [3.63, 3.8) is 0 Å². The van der Waals surface area contributed by atoms with Gasteiger partial charge in [0, 0.05) is 45.7 Å². The summed E-state index contributed by atoms with van der Waals surface area (Å²) in [5.41, 5.74) is 0. The van der Waals surface area contributed by atoms with E-state index in [1.54, 1.807) is 6.26 Å². The van der Waals surface area contributed by atoms with Crippen LogP contribution in [-0.2, 0) is 28.6 Å². The highest BCUT2D eigenvalue weighted by Crippen LogP contribution is 2.16. The Hall–Kier alpha value is -0.720. The molecule has 0 aliphatic heterocycles. The molecule has 1 aromatic rings. The van der Waals surface area contributed by atoms with Crippen molar-refractivity contribution in [3.8, 4) is 0 Å². The first-order chi connectivity index (χ1) is 7.58.